The zero-order valence-corrected chi connectivity index (χ0v) is 8.74. The Morgan fingerprint density at radius 3 is 2.94 bits per heavy atom. The van der Waals surface area contributed by atoms with E-state index < -0.39 is 0 Å². The standard InChI is InChI=1S/C13H8FNO2/c14-8-3-4-11-9(6-8)10(7-15-11)13(16)12-2-1-5-17-12/h1-7,15H. The Morgan fingerprint density at radius 1 is 1.29 bits per heavy atom. The van der Waals surface area contributed by atoms with E-state index in [0.29, 0.717) is 10.9 Å². The third kappa shape index (κ3) is 1.54. The number of furan rings is 1. The lowest BCUT2D eigenvalue weighted by Crippen LogP contribution is -1.98. The van der Waals surface area contributed by atoms with Crippen LogP contribution < -0.4 is 0 Å². The second-order valence-corrected chi connectivity index (χ2v) is 3.70. The molecule has 2 aromatic heterocycles. The fourth-order valence-corrected chi connectivity index (χ4v) is 1.82. The first-order valence-corrected chi connectivity index (χ1v) is 5.10. The number of aromatic nitrogens is 1. The molecule has 0 amide bonds. The van der Waals surface area contributed by atoms with E-state index in [2.05, 4.69) is 4.98 Å². The van der Waals surface area contributed by atoms with Crippen LogP contribution in [-0.4, -0.2) is 10.8 Å². The first-order valence-electron chi connectivity index (χ1n) is 5.10. The topological polar surface area (TPSA) is 46.0 Å². The van der Waals surface area contributed by atoms with Crippen LogP contribution in [0.1, 0.15) is 16.1 Å². The minimum atomic E-state index is -0.370. The number of hydrogen-bond acceptors (Lipinski definition) is 2. The maximum absolute atomic E-state index is 13.2. The fraction of sp³-hybridized carbons (Fsp3) is 0. The van der Waals surface area contributed by atoms with E-state index in [4.69, 9.17) is 4.42 Å². The zero-order chi connectivity index (χ0) is 11.8. The van der Waals surface area contributed by atoms with Gasteiger partial charge < -0.3 is 9.40 Å². The molecule has 0 spiro atoms. The van der Waals surface area contributed by atoms with E-state index in [1.807, 2.05) is 0 Å². The molecule has 84 valence electrons. The molecular formula is C13H8FNO2. The molecular weight excluding hydrogens is 221 g/mol. The van der Waals surface area contributed by atoms with Crippen molar-refractivity contribution in [1.29, 1.82) is 0 Å². The molecule has 0 saturated carbocycles. The summed E-state index contributed by atoms with van der Waals surface area (Å²) in [5.41, 5.74) is 1.13. The molecule has 0 unspecified atom stereocenters. The molecule has 2 heterocycles. The summed E-state index contributed by atoms with van der Waals surface area (Å²) in [7, 11) is 0. The Kier molecular flexibility index (Phi) is 2.08. The predicted octanol–water partition coefficient (Wildman–Crippen LogP) is 3.13. The number of hydrogen-bond donors (Lipinski definition) is 1. The molecule has 1 aromatic carbocycles. The molecule has 0 bridgehead atoms. The predicted molar refractivity (Wildman–Crippen MR) is 60.4 cm³/mol. The van der Waals surface area contributed by atoms with Gasteiger partial charge in [0.2, 0.25) is 5.78 Å². The highest BCUT2D eigenvalue weighted by atomic mass is 19.1. The summed E-state index contributed by atoms with van der Waals surface area (Å²) in [5, 5.41) is 0.561. The third-order valence-corrected chi connectivity index (χ3v) is 2.63. The lowest BCUT2D eigenvalue weighted by molar-refractivity contribution is 0.101. The van der Waals surface area contributed by atoms with Gasteiger partial charge in [-0.25, -0.2) is 4.39 Å². The normalized spacial score (nSPS) is 10.9. The van der Waals surface area contributed by atoms with E-state index in [-0.39, 0.29) is 17.4 Å². The van der Waals surface area contributed by atoms with Gasteiger partial charge in [-0.2, -0.15) is 0 Å². The Labute approximate surface area is 95.9 Å². The van der Waals surface area contributed by atoms with Crippen LogP contribution in [0.5, 0.6) is 0 Å². The smallest absolute Gasteiger partial charge is 0.230 e. The largest absolute Gasteiger partial charge is 0.461 e. The van der Waals surface area contributed by atoms with Gasteiger partial charge in [0.15, 0.2) is 5.76 Å². The number of H-pyrrole nitrogens is 1. The molecule has 4 heteroatoms. The van der Waals surface area contributed by atoms with Gasteiger partial charge in [0.05, 0.1) is 11.8 Å². The minimum absolute atomic E-state index is 0.246. The van der Waals surface area contributed by atoms with E-state index in [1.165, 1.54) is 18.4 Å². The molecule has 17 heavy (non-hydrogen) atoms. The molecule has 0 aliphatic heterocycles. The maximum atomic E-state index is 13.2. The molecule has 3 aromatic rings. The average molecular weight is 229 g/mol. The molecule has 3 nitrogen and oxygen atoms in total. The number of ketones is 1. The van der Waals surface area contributed by atoms with E-state index in [9.17, 15) is 9.18 Å². The zero-order valence-electron chi connectivity index (χ0n) is 8.74. The molecule has 0 atom stereocenters. The van der Waals surface area contributed by atoms with Crippen LogP contribution in [0.25, 0.3) is 10.9 Å². The number of aromatic amines is 1. The Morgan fingerprint density at radius 2 is 2.18 bits per heavy atom. The van der Waals surface area contributed by atoms with Gasteiger partial charge in [-0.05, 0) is 30.3 Å². The van der Waals surface area contributed by atoms with Gasteiger partial charge >= 0.3 is 0 Å². The highest BCUT2D eigenvalue weighted by Gasteiger charge is 2.16. The quantitative estimate of drug-likeness (QED) is 0.686. The number of fused-ring (bicyclic) bond motifs is 1. The summed E-state index contributed by atoms with van der Waals surface area (Å²) < 4.78 is 18.2. The van der Waals surface area contributed by atoms with Crippen molar-refractivity contribution in [3.8, 4) is 0 Å². The molecule has 0 fully saturated rings. The van der Waals surface area contributed by atoms with Crippen molar-refractivity contribution in [1.82, 2.24) is 4.98 Å². The van der Waals surface area contributed by atoms with E-state index in [0.717, 1.165) is 5.52 Å². The second-order valence-electron chi connectivity index (χ2n) is 3.70. The summed E-state index contributed by atoms with van der Waals surface area (Å²) in [6, 6.07) is 7.51. The van der Waals surface area contributed by atoms with Gasteiger partial charge in [-0.3, -0.25) is 4.79 Å². The summed E-state index contributed by atoms with van der Waals surface area (Å²) in [6.07, 6.45) is 3.00. The first-order chi connectivity index (χ1) is 8.25. The van der Waals surface area contributed by atoms with Gasteiger partial charge in [0, 0.05) is 17.1 Å². The van der Waals surface area contributed by atoms with Crippen molar-refractivity contribution in [3.05, 3.63) is 59.9 Å². The minimum Gasteiger partial charge on any atom is -0.461 e. The molecule has 0 aliphatic carbocycles. The highest BCUT2D eigenvalue weighted by molar-refractivity contribution is 6.15. The summed E-state index contributed by atoms with van der Waals surface area (Å²) in [4.78, 5) is 15.0. The van der Waals surface area contributed by atoms with Gasteiger partial charge in [0.1, 0.15) is 5.82 Å². The third-order valence-electron chi connectivity index (χ3n) is 2.63. The molecule has 1 N–H and O–H groups in total. The second kappa shape index (κ2) is 3.59. The first kappa shape index (κ1) is 9.84. The van der Waals surface area contributed by atoms with Gasteiger partial charge in [-0.1, -0.05) is 0 Å². The van der Waals surface area contributed by atoms with Crippen molar-refractivity contribution in [2.75, 3.05) is 0 Å². The number of rotatable bonds is 2. The lowest BCUT2D eigenvalue weighted by Gasteiger charge is -1.95. The lowest BCUT2D eigenvalue weighted by atomic mass is 10.1. The fourth-order valence-electron chi connectivity index (χ4n) is 1.82. The number of carbonyl (C=O) groups is 1. The van der Waals surface area contributed by atoms with Crippen molar-refractivity contribution in [3.63, 3.8) is 0 Å². The van der Waals surface area contributed by atoms with Crippen LogP contribution in [-0.2, 0) is 0 Å². The Balaban J connectivity index is 2.18. The molecule has 0 radical (unpaired) electrons. The SMILES string of the molecule is O=C(c1ccco1)c1c[nH]c2ccc(F)cc12. The highest BCUT2D eigenvalue weighted by Crippen LogP contribution is 2.22. The van der Waals surface area contributed by atoms with E-state index >= 15 is 0 Å². The number of benzene rings is 1. The van der Waals surface area contributed by atoms with Gasteiger partial charge in [-0.15, -0.1) is 0 Å². The van der Waals surface area contributed by atoms with E-state index in [1.54, 1.807) is 24.4 Å². The van der Waals surface area contributed by atoms with Crippen molar-refractivity contribution < 1.29 is 13.6 Å². The summed E-state index contributed by atoms with van der Waals surface area (Å²) in [5.74, 6) is -0.382. The van der Waals surface area contributed by atoms with Crippen molar-refractivity contribution in [2.45, 2.75) is 0 Å². The summed E-state index contributed by atoms with van der Waals surface area (Å²) >= 11 is 0. The molecule has 0 aliphatic rings. The van der Waals surface area contributed by atoms with Crippen LogP contribution in [0.15, 0.2) is 47.2 Å². The van der Waals surface area contributed by atoms with Crippen LogP contribution in [0.2, 0.25) is 0 Å². The Bertz CT molecular complexity index is 683. The molecule has 0 saturated heterocycles. The monoisotopic (exact) mass is 229 g/mol. The van der Waals surface area contributed by atoms with Crippen LogP contribution in [0.4, 0.5) is 4.39 Å². The Hall–Kier alpha value is -2.36. The number of nitrogens with one attached hydrogen (secondary N) is 1. The average Bonchev–Trinajstić information content (AvgIpc) is 2.97. The number of carbonyl (C=O) groups excluding carboxylic acids is 1. The van der Waals surface area contributed by atoms with Crippen LogP contribution in [0.3, 0.4) is 0 Å². The van der Waals surface area contributed by atoms with Gasteiger partial charge in [0.25, 0.3) is 0 Å². The maximum Gasteiger partial charge on any atom is 0.230 e. The van der Waals surface area contributed by atoms with Crippen molar-refractivity contribution in [2.24, 2.45) is 0 Å². The number of halogens is 1. The van der Waals surface area contributed by atoms with Crippen molar-refractivity contribution >= 4 is 16.7 Å². The van der Waals surface area contributed by atoms with Crippen LogP contribution in [0, 0.1) is 5.82 Å². The van der Waals surface area contributed by atoms with Crippen LogP contribution >= 0.6 is 0 Å². The molecule has 3 rings (SSSR count). The summed E-state index contributed by atoms with van der Waals surface area (Å²) in [6.45, 7) is 0.